The lowest BCUT2D eigenvalue weighted by molar-refractivity contribution is 0.0636. The fraction of sp³-hybridized carbons (Fsp3) is 1.00. The van der Waals surface area contributed by atoms with Gasteiger partial charge in [-0.3, -0.25) is 4.90 Å². The Hall–Kier alpha value is -0.0800. The van der Waals surface area contributed by atoms with Crippen molar-refractivity contribution in [3.05, 3.63) is 0 Å². The molecule has 94 valence electrons. The van der Waals surface area contributed by atoms with Crippen molar-refractivity contribution >= 4 is 0 Å². The minimum Gasteiger partial charge on any atom is -0.329 e. The first kappa shape index (κ1) is 12.4. The molecule has 0 bridgehead atoms. The third-order valence-electron chi connectivity index (χ3n) is 4.76. The van der Waals surface area contributed by atoms with E-state index in [1.54, 1.807) is 0 Å². The van der Waals surface area contributed by atoms with Gasteiger partial charge < -0.3 is 5.73 Å². The van der Waals surface area contributed by atoms with Crippen molar-refractivity contribution in [2.75, 3.05) is 13.1 Å². The highest BCUT2D eigenvalue weighted by atomic mass is 15.2. The van der Waals surface area contributed by atoms with Crippen molar-refractivity contribution in [1.82, 2.24) is 4.90 Å². The van der Waals surface area contributed by atoms with Crippen LogP contribution in [0.2, 0.25) is 0 Å². The number of likely N-dealkylation sites (tertiary alicyclic amines) is 1. The molecule has 0 amide bonds. The molecule has 1 heterocycles. The van der Waals surface area contributed by atoms with Crippen LogP contribution in [0.5, 0.6) is 0 Å². The second-order valence-electron chi connectivity index (χ2n) is 6.14. The molecular formula is C14H28N2. The van der Waals surface area contributed by atoms with Crippen LogP contribution in [-0.4, -0.2) is 30.1 Å². The summed E-state index contributed by atoms with van der Waals surface area (Å²) < 4.78 is 0. The van der Waals surface area contributed by atoms with Crippen LogP contribution in [0, 0.1) is 11.8 Å². The summed E-state index contributed by atoms with van der Waals surface area (Å²) in [5.74, 6) is 1.90. The molecule has 1 aliphatic heterocycles. The minimum absolute atomic E-state index is 0.652. The monoisotopic (exact) mass is 224 g/mol. The molecule has 2 rings (SSSR count). The van der Waals surface area contributed by atoms with Crippen molar-refractivity contribution in [3.63, 3.8) is 0 Å². The van der Waals surface area contributed by atoms with E-state index in [2.05, 4.69) is 18.7 Å². The molecule has 2 nitrogen and oxygen atoms in total. The molecule has 0 radical (unpaired) electrons. The number of rotatable bonds is 4. The van der Waals surface area contributed by atoms with Gasteiger partial charge in [-0.25, -0.2) is 0 Å². The molecule has 2 aliphatic rings. The molecule has 0 aromatic heterocycles. The SMILES string of the molecule is CC1CCN(C(C)CC2CCC2)C(CN)C1. The molecule has 2 fully saturated rings. The van der Waals surface area contributed by atoms with Crippen LogP contribution in [0.15, 0.2) is 0 Å². The number of nitrogens with two attached hydrogens (primary N) is 1. The first-order chi connectivity index (χ1) is 7.70. The predicted octanol–water partition coefficient (Wildman–Crippen LogP) is 2.62. The van der Waals surface area contributed by atoms with Crippen molar-refractivity contribution in [2.24, 2.45) is 17.6 Å². The smallest absolute Gasteiger partial charge is 0.0223 e. The Kier molecular flexibility index (Phi) is 4.26. The summed E-state index contributed by atoms with van der Waals surface area (Å²) in [4.78, 5) is 2.69. The highest BCUT2D eigenvalue weighted by Gasteiger charge is 2.30. The van der Waals surface area contributed by atoms with Gasteiger partial charge in [-0.15, -0.1) is 0 Å². The van der Waals surface area contributed by atoms with Gasteiger partial charge in [-0.1, -0.05) is 26.2 Å². The molecule has 1 saturated heterocycles. The second kappa shape index (κ2) is 5.50. The third kappa shape index (κ3) is 2.78. The van der Waals surface area contributed by atoms with Gasteiger partial charge in [0.15, 0.2) is 0 Å². The summed E-state index contributed by atoms with van der Waals surface area (Å²) >= 11 is 0. The Morgan fingerprint density at radius 1 is 1.31 bits per heavy atom. The van der Waals surface area contributed by atoms with E-state index in [4.69, 9.17) is 5.73 Å². The maximum absolute atomic E-state index is 5.93. The van der Waals surface area contributed by atoms with Gasteiger partial charge >= 0.3 is 0 Å². The number of hydrogen-bond acceptors (Lipinski definition) is 2. The van der Waals surface area contributed by atoms with Crippen LogP contribution < -0.4 is 5.73 Å². The fourth-order valence-corrected chi connectivity index (χ4v) is 3.43. The van der Waals surface area contributed by atoms with Gasteiger partial charge in [0.2, 0.25) is 0 Å². The zero-order valence-electron chi connectivity index (χ0n) is 11.0. The maximum atomic E-state index is 5.93. The number of nitrogens with zero attached hydrogens (tertiary/aromatic N) is 1. The Labute approximate surface area is 101 Å². The first-order valence-electron chi connectivity index (χ1n) is 7.16. The second-order valence-corrected chi connectivity index (χ2v) is 6.14. The molecule has 0 spiro atoms. The van der Waals surface area contributed by atoms with E-state index in [1.807, 2.05) is 0 Å². The Balaban J connectivity index is 1.84. The van der Waals surface area contributed by atoms with Crippen LogP contribution in [-0.2, 0) is 0 Å². The standard InChI is InChI=1S/C14H28N2/c1-11-6-7-16(14(8-11)10-15)12(2)9-13-4-3-5-13/h11-14H,3-10,15H2,1-2H3. The molecule has 2 N–H and O–H groups in total. The normalized spacial score (nSPS) is 34.7. The van der Waals surface area contributed by atoms with Crippen LogP contribution in [0.25, 0.3) is 0 Å². The van der Waals surface area contributed by atoms with E-state index in [9.17, 15) is 0 Å². The summed E-state index contributed by atoms with van der Waals surface area (Å²) in [6.07, 6.45) is 8.50. The van der Waals surface area contributed by atoms with Crippen LogP contribution in [0.3, 0.4) is 0 Å². The Morgan fingerprint density at radius 3 is 2.62 bits per heavy atom. The summed E-state index contributed by atoms with van der Waals surface area (Å²) in [5, 5.41) is 0. The molecule has 2 heteroatoms. The number of hydrogen-bond donors (Lipinski definition) is 1. The van der Waals surface area contributed by atoms with Crippen LogP contribution >= 0.6 is 0 Å². The molecular weight excluding hydrogens is 196 g/mol. The molecule has 1 aliphatic carbocycles. The van der Waals surface area contributed by atoms with Crippen molar-refractivity contribution in [3.8, 4) is 0 Å². The van der Waals surface area contributed by atoms with E-state index in [1.165, 1.54) is 45.1 Å². The Morgan fingerprint density at radius 2 is 2.06 bits per heavy atom. The molecule has 0 aromatic carbocycles. The topological polar surface area (TPSA) is 29.3 Å². The maximum Gasteiger partial charge on any atom is 0.0223 e. The van der Waals surface area contributed by atoms with Crippen LogP contribution in [0.4, 0.5) is 0 Å². The molecule has 1 saturated carbocycles. The zero-order chi connectivity index (χ0) is 11.5. The highest BCUT2D eigenvalue weighted by molar-refractivity contribution is 4.86. The van der Waals surface area contributed by atoms with Gasteiger partial charge in [0.25, 0.3) is 0 Å². The molecule has 3 atom stereocenters. The lowest BCUT2D eigenvalue weighted by atomic mass is 9.80. The van der Waals surface area contributed by atoms with Crippen LogP contribution in [0.1, 0.15) is 52.4 Å². The summed E-state index contributed by atoms with van der Waals surface area (Å²) in [5.41, 5.74) is 5.93. The lowest BCUT2D eigenvalue weighted by Gasteiger charge is -2.43. The van der Waals surface area contributed by atoms with E-state index in [0.29, 0.717) is 6.04 Å². The van der Waals surface area contributed by atoms with E-state index >= 15 is 0 Å². The first-order valence-corrected chi connectivity index (χ1v) is 7.16. The lowest BCUT2D eigenvalue weighted by Crippen LogP contribution is -2.50. The molecule has 3 unspecified atom stereocenters. The largest absolute Gasteiger partial charge is 0.329 e. The Bertz CT molecular complexity index is 213. The third-order valence-corrected chi connectivity index (χ3v) is 4.76. The molecule has 0 aromatic rings. The predicted molar refractivity (Wildman–Crippen MR) is 69.4 cm³/mol. The van der Waals surface area contributed by atoms with Gasteiger partial charge in [0, 0.05) is 18.6 Å². The zero-order valence-corrected chi connectivity index (χ0v) is 11.0. The average molecular weight is 224 g/mol. The molecule has 16 heavy (non-hydrogen) atoms. The van der Waals surface area contributed by atoms with Gasteiger partial charge in [-0.05, 0) is 44.6 Å². The van der Waals surface area contributed by atoms with Gasteiger partial charge in [0.1, 0.15) is 0 Å². The van der Waals surface area contributed by atoms with Crippen molar-refractivity contribution in [1.29, 1.82) is 0 Å². The minimum atomic E-state index is 0.652. The highest BCUT2D eigenvalue weighted by Crippen LogP contribution is 2.33. The van der Waals surface area contributed by atoms with Gasteiger partial charge in [0.05, 0.1) is 0 Å². The van der Waals surface area contributed by atoms with Crippen molar-refractivity contribution < 1.29 is 0 Å². The number of piperidine rings is 1. The average Bonchev–Trinajstić information content (AvgIpc) is 2.23. The summed E-state index contributed by atoms with van der Waals surface area (Å²) in [6, 6.07) is 1.41. The van der Waals surface area contributed by atoms with E-state index in [0.717, 1.165) is 24.4 Å². The summed E-state index contributed by atoms with van der Waals surface area (Å²) in [6.45, 7) is 6.91. The quantitative estimate of drug-likeness (QED) is 0.795. The van der Waals surface area contributed by atoms with E-state index < -0.39 is 0 Å². The fourth-order valence-electron chi connectivity index (χ4n) is 3.43. The van der Waals surface area contributed by atoms with Gasteiger partial charge in [-0.2, -0.15) is 0 Å². The van der Waals surface area contributed by atoms with Crippen molar-refractivity contribution in [2.45, 2.75) is 64.5 Å². The summed E-state index contributed by atoms with van der Waals surface area (Å²) in [7, 11) is 0. The van der Waals surface area contributed by atoms with E-state index in [-0.39, 0.29) is 0 Å².